The Morgan fingerprint density at radius 3 is 2.18 bits per heavy atom. The molecule has 0 spiro atoms. The fourth-order valence-corrected chi connectivity index (χ4v) is 1.56. The van der Waals surface area contributed by atoms with Crippen LogP contribution in [0, 0.1) is 6.92 Å². The fraction of sp³-hybridized carbons (Fsp3) is 0.462. The van der Waals surface area contributed by atoms with Gasteiger partial charge in [-0.3, -0.25) is 4.79 Å². The van der Waals surface area contributed by atoms with Gasteiger partial charge in [0.1, 0.15) is 11.5 Å². The van der Waals surface area contributed by atoms with Crippen LogP contribution >= 0.6 is 0 Å². The Morgan fingerprint density at radius 1 is 1.24 bits per heavy atom. The molecule has 94 valence electrons. The van der Waals surface area contributed by atoms with Crippen LogP contribution in [0.2, 0.25) is 0 Å². The van der Waals surface area contributed by atoms with Crippen molar-refractivity contribution in [2.24, 2.45) is 0 Å². The first-order valence-corrected chi connectivity index (χ1v) is 5.64. The summed E-state index contributed by atoms with van der Waals surface area (Å²) in [4.78, 5) is 11.8. The van der Waals surface area contributed by atoms with Gasteiger partial charge in [-0.25, -0.2) is 0 Å². The number of rotatable bonds is 5. The molecule has 0 aliphatic heterocycles. The van der Waals surface area contributed by atoms with Gasteiger partial charge in [0.15, 0.2) is 0 Å². The minimum atomic E-state index is -0.108. The third-order valence-corrected chi connectivity index (χ3v) is 2.55. The number of carbonyl (C=O) groups is 1. The number of hydrogen-bond donors (Lipinski definition) is 1. The molecule has 1 amide bonds. The SMILES string of the molecule is CCCNC(=O)c1cc(OC)c(C)c(OC)c1. The quantitative estimate of drug-likeness (QED) is 0.853. The van der Waals surface area contributed by atoms with Crippen LogP contribution in [0.3, 0.4) is 0 Å². The minimum absolute atomic E-state index is 0.108. The van der Waals surface area contributed by atoms with E-state index in [0.29, 0.717) is 23.6 Å². The number of nitrogens with one attached hydrogen (secondary N) is 1. The van der Waals surface area contributed by atoms with Crippen LogP contribution in [0.25, 0.3) is 0 Å². The zero-order chi connectivity index (χ0) is 12.8. The van der Waals surface area contributed by atoms with Crippen molar-refractivity contribution in [3.05, 3.63) is 23.3 Å². The van der Waals surface area contributed by atoms with E-state index in [4.69, 9.17) is 9.47 Å². The highest BCUT2D eigenvalue weighted by atomic mass is 16.5. The first-order chi connectivity index (χ1) is 8.13. The molecule has 0 aliphatic rings. The van der Waals surface area contributed by atoms with Crippen molar-refractivity contribution in [1.29, 1.82) is 0 Å². The third-order valence-electron chi connectivity index (χ3n) is 2.55. The van der Waals surface area contributed by atoms with E-state index in [0.717, 1.165) is 12.0 Å². The van der Waals surface area contributed by atoms with Crippen LogP contribution in [0.4, 0.5) is 0 Å². The molecular formula is C13H19NO3. The van der Waals surface area contributed by atoms with Crippen LogP contribution in [-0.4, -0.2) is 26.7 Å². The summed E-state index contributed by atoms with van der Waals surface area (Å²) >= 11 is 0. The van der Waals surface area contributed by atoms with Gasteiger partial charge < -0.3 is 14.8 Å². The molecule has 0 radical (unpaired) electrons. The molecule has 0 aromatic heterocycles. The van der Waals surface area contributed by atoms with E-state index < -0.39 is 0 Å². The summed E-state index contributed by atoms with van der Waals surface area (Å²) in [6, 6.07) is 3.45. The average molecular weight is 237 g/mol. The second kappa shape index (κ2) is 6.13. The first kappa shape index (κ1) is 13.4. The van der Waals surface area contributed by atoms with Crippen molar-refractivity contribution in [2.75, 3.05) is 20.8 Å². The van der Waals surface area contributed by atoms with E-state index in [1.807, 2.05) is 13.8 Å². The summed E-state index contributed by atoms with van der Waals surface area (Å²) in [6.45, 7) is 4.57. The summed E-state index contributed by atoms with van der Waals surface area (Å²) in [5.41, 5.74) is 1.44. The molecule has 0 unspecified atom stereocenters. The van der Waals surface area contributed by atoms with E-state index in [2.05, 4.69) is 5.32 Å². The number of amides is 1. The Morgan fingerprint density at radius 2 is 1.76 bits per heavy atom. The molecule has 0 aliphatic carbocycles. The number of methoxy groups -OCH3 is 2. The molecule has 17 heavy (non-hydrogen) atoms. The lowest BCUT2D eigenvalue weighted by Crippen LogP contribution is -2.24. The molecule has 1 N–H and O–H groups in total. The van der Waals surface area contributed by atoms with Crippen molar-refractivity contribution in [1.82, 2.24) is 5.32 Å². The molecule has 0 saturated heterocycles. The van der Waals surface area contributed by atoms with E-state index in [-0.39, 0.29) is 5.91 Å². The Hall–Kier alpha value is -1.71. The Balaban J connectivity index is 3.04. The maximum atomic E-state index is 11.8. The van der Waals surface area contributed by atoms with E-state index in [1.165, 1.54) is 0 Å². The molecule has 0 saturated carbocycles. The van der Waals surface area contributed by atoms with Gasteiger partial charge in [0.25, 0.3) is 5.91 Å². The summed E-state index contributed by atoms with van der Waals surface area (Å²) in [7, 11) is 3.16. The summed E-state index contributed by atoms with van der Waals surface area (Å²) < 4.78 is 10.4. The van der Waals surface area contributed by atoms with E-state index >= 15 is 0 Å². The normalized spacial score (nSPS) is 9.88. The molecule has 0 bridgehead atoms. The lowest BCUT2D eigenvalue weighted by Gasteiger charge is -2.12. The molecular weight excluding hydrogens is 218 g/mol. The largest absolute Gasteiger partial charge is 0.496 e. The van der Waals surface area contributed by atoms with Crippen molar-refractivity contribution in [3.8, 4) is 11.5 Å². The topological polar surface area (TPSA) is 47.6 Å². The van der Waals surface area contributed by atoms with E-state index in [1.54, 1.807) is 26.4 Å². The molecule has 1 aromatic carbocycles. The second-order valence-corrected chi connectivity index (χ2v) is 3.76. The molecule has 0 fully saturated rings. The molecule has 4 heteroatoms. The standard InChI is InChI=1S/C13H19NO3/c1-5-6-14-13(15)10-7-11(16-3)9(2)12(8-10)17-4/h7-8H,5-6H2,1-4H3,(H,14,15). The lowest BCUT2D eigenvalue weighted by molar-refractivity contribution is 0.0953. The lowest BCUT2D eigenvalue weighted by atomic mass is 10.1. The van der Waals surface area contributed by atoms with Crippen LogP contribution in [-0.2, 0) is 0 Å². The minimum Gasteiger partial charge on any atom is -0.496 e. The zero-order valence-electron chi connectivity index (χ0n) is 10.8. The van der Waals surface area contributed by atoms with Gasteiger partial charge in [-0.1, -0.05) is 6.92 Å². The molecule has 0 atom stereocenters. The third kappa shape index (κ3) is 3.12. The Labute approximate surface area is 102 Å². The van der Waals surface area contributed by atoms with Crippen LogP contribution in [0.1, 0.15) is 29.3 Å². The van der Waals surface area contributed by atoms with Crippen LogP contribution in [0.5, 0.6) is 11.5 Å². The summed E-state index contributed by atoms with van der Waals surface area (Å²) in [6.07, 6.45) is 0.909. The summed E-state index contributed by atoms with van der Waals surface area (Å²) in [5.74, 6) is 1.21. The number of ether oxygens (including phenoxy) is 2. The molecule has 1 rings (SSSR count). The molecule has 4 nitrogen and oxygen atoms in total. The van der Waals surface area contributed by atoms with E-state index in [9.17, 15) is 4.79 Å². The average Bonchev–Trinajstić information content (AvgIpc) is 2.36. The van der Waals surface area contributed by atoms with Crippen molar-refractivity contribution in [3.63, 3.8) is 0 Å². The maximum absolute atomic E-state index is 11.8. The van der Waals surface area contributed by atoms with Gasteiger partial charge in [0.2, 0.25) is 0 Å². The maximum Gasteiger partial charge on any atom is 0.251 e. The van der Waals surface area contributed by atoms with Gasteiger partial charge in [0, 0.05) is 17.7 Å². The van der Waals surface area contributed by atoms with Gasteiger partial charge >= 0.3 is 0 Å². The monoisotopic (exact) mass is 237 g/mol. The highest BCUT2D eigenvalue weighted by Crippen LogP contribution is 2.29. The fourth-order valence-electron chi connectivity index (χ4n) is 1.56. The van der Waals surface area contributed by atoms with Crippen LogP contribution < -0.4 is 14.8 Å². The number of benzene rings is 1. The number of carbonyl (C=O) groups excluding carboxylic acids is 1. The first-order valence-electron chi connectivity index (χ1n) is 5.64. The van der Waals surface area contributed by atoms with Gasteiger partial charge in [-0.15, -0.1) is 0 Å². The predicted octanol–water partition coefficient (Wildman–Crippen LogP) is 2.15. The number of hydrogen-bond acceptors (Lipinski definition) is 3. The highest BCUT2D eigenvalue weighted by Gasteiger charge is 2.12. The Kier molecular flexibility index (Phi) is 4.82. The highest BCUT2D eigenvalue weighted by molar-refractivity contribution is 5.95. The Bertz CT molecular complexity index is 377. The van der Waals surface area contributed by atoms with Gasteiger partial charge in [-0.05, 0) is 25.5 Å². The molecule has 0 heterocycles. The van der Waals surface area contributed by atoms with Crippen molar-refractivity contribution >= 4 is 5.91 Å². The molecule has 1 aromatic rings. The van der Waals surface area contributed by atoms with Gasteiger partial charge in [-0.2, -0.15) is 0 Å². The smallest absolute Gasteiger partial charge is 0.251 e. The second-order valence-electron chi connectivity index (χ2n) is 3.76. The van der Waals surface area contributed by atoms with Gasteiger partial charge in [0.05, 0.1) is 14.2 Å². The van der Waals surface area contributed by atoms with Crippen LogP contribution in [0.15, 0.2) is 12.1 Å². The van der Waals surface area contributed by atoms with Crippen molar-refractivity contribution < 1.29 is 14.3 Å². The summed E-state index contributed by atoms with van der Waals surface area (Å²) in [5, 5.41) is 2.82. The zero-order valence-corrected chi connectivity index (χ0v) is 10.8. The van der Waals surface area contributed by atoms with Crippen molar-refractivity contribution in [2.45, 2.75) is 20.3 Å². The predicted molar refractivity (Wildman–Crippen MR) is 66.9 cm³/mol.